The molecule has 4 heteroatoms. The Balaban J connectivity index is 2.45. The lowest BCUT2D eigenvalue weighted by molar-refractivity contribution is 0.475. The molecule has 96 valence electrons. The second-order valence-corrected chi connectivity index (χ2v) is 4.58. The molecule has 0 aliphatic carbocycles. The van der Waals surface area contributed by atoms with Gasteiger partial charge in [0, 0.05) is 6.54 Å². The average Bonchev–Trinajstić information content (AvgIpc) is 2.37. The average molecular weight is 246 g/mol. The van der Waals surface area contributed by atoms with Crippen molar-refractivity contribution in [2.24, 2.45) is 0 Å². The van der Waals surface area contributed by atoms with Crippen molar-refractivity contribution < 1.29 is 5.11 Å². The number of aromatic hydroxyl groups is 1. The molecule has 0 atom stereocenters. The van der Waals surface area contributed by atoms with E-state index in [1.165, 1.54) is 6.33 Å². The van der Waals surface area contributed by atoms with Crippen molar-refractivity contribution in [1.29, 1.82) is 0 Å². The van der Waals surface area contributed by atoms with E-state index in [4.69, 9.17) is 0 Å². The summed E-state index contributed by atoms with van der Waals surface area (Å²) in [4.78, 5) is 16.4. The van der Waals surface area contributed by atoms with E-state index in [1.807, 2.05) is 0 Å². The highest BCUT2D eigenvalue weighted by molar-refractivity contribution is 5.84. The summed E-state index contributed by atoms with van der Waals surface area (Å²) < 4.78 is 1.62. The monoisotopic (exact) mass is 246 g/mol. The van der Waals surface area contributed by atoms with Crippen molar-refractivity contribution in [2.75, 3.05) is 0 Å². The second kappa shape index (κ2) is 5.21. The van der Waals surface area contributed by atoms with Gasteiger partial charge < -0.3 is 5.11 Å². The molecule has 1 aromatic heterocycles. The van der Waals surface area contributed by atoms with Crippen LogP contribution in [-0.2, 0) is 6.54 Å². The minimum absolute atomic E-state index is 0.0774. The number of aromatic nitrogens is 2. The molecule has 0 bridgehead atoms. The van der Waals surface area contributed by atoms with Crippen LogP contribution in [0.1, 0.15) is 31.7 Å². The number of nitrogens with zero attached hydrogens (tertiary/aromatic N) is 2. The van der Waals surface area contributed by atoms with Gasteiger partial charge in [0.1, 0.15) is 11.3 Å². The molecule has 18 heavy (non-hydrogen) atoms. The van der Waals surface area contributed by atoms with Crippen LogP contribution in [0.25, 0.3) is 10.9 Å². The molecule has 1 heterocycles. The van der Waals surface area contributed by atoms with Gasteiger partial charge in [0.15, 0.2) is 0 Å². The quantitative estimate of drug-likeness (QED) is 0.844. The predicted molar refractivity (Wildman–Crippen MR) is 71.9 cm³/mol. The van der Waals surface area contributed by atoms with Crippen LogP contribution in [0.5, 0.6) is 5.75 Å². The Kier molecular flexibility index (Phi) is 3.65. The Morgan fingerprint density at radius 1 is 1.33 bits per heavy atom. The highest BCUT2D eigenvalue weighted by Crippen LogP contribution is 2.23. The number of hydrogen-bond donors (Lipinski definition) is 1. The normalized spacial score (nSPS) is 11.0. The first-order valence-corrected chi connectivity index (χ1v) is 6.33. The number of fused-ring (bicyclic) bond motifs is 1. The van der Waals surface area contributed by atoms with Crippen LogP contribution in [0.4, 0.5) is 0 Å². The minimum Gasteiger partial charge on any atom is -0.505 e. The molecule has 4 nitrogen and oxygen atoms in total. The summed E-state index contributed by atoms with van der Waals surface area (Å²) in [5.74, 6) is 0.102. The Bertz CT molecular complexity index is 617. The van der Waals surface area contributed by atoms with Gasteiger partial charge in [-0.15, -0.1) is 0 Å². The summed E-state index contributed by atoms with van der Waals surface area (Å²) in [5.41, 5.74) is 1.05. The first kappa shape index (κ1) is 12.6. The van der Waals surface area contributed by atoms with Gasteiger partial charge in [0.25, 0.3) is 5.56 Å². The van der Waals surface area contributed by atoms with E-state index < -0.39 is 0 Å². The SMILES string of the molecule is CCCCCn1cnc2c(O)c(C)ccc2c1=O. The summed E-state index contributed by atoms with van der Waals surface area (Å²) in [6.45, 7) is 4.61. The molecule has 0 aliphatic rings. The zero-order valence-electron chi connectivity index (χ0n) is 10.8. The maximum atomic E-state index is 12.2. The Morgan fingerprint density at radius 2 is 2.11 bits per heavy atom. The molecule has 2 aromatic rings. The Morgan fingerprint density at radius 3 is 2.83 bits per heavy atom. The number of benzene rings is 1. The topological polar surface area (TPSA) is 55.1 Å². The lowest BCUT2D eigenvalue weighted by Crippen LogP contribution is -2.20. The van der Waals surface area contributed by atoms with Crippen molar-refractivity contribution in [1.82, 2.24) is 9.55 Å². The fourth-order valence-corrected chi connectivity index (χ4v) is 2.01. The van der Waals surface area contributed by atoms with Gasteiger partial charge in [-0.1, -0.05) is 25.8 Å². The lowest BCUT2D eigenvalue weighted by Gasteiger charge is -2.07. The van der Waals surface area contributed by atoms with E-state index in [0.29, 0.717) is 17.4 Å². The standard InChI is InChI=1S/C14H18N2O2/c1-3-4-5-8-16-9-15-12-11(14(16)18)7-6-10(2)13(12)17/h6-7,9,17H,3-5,8H2,1-2H3. The summed E-state index contributed by atoms with van der Waals surface area (Å²) in [6.07, 6.45) is 4.72. The number of hydrogen-bond acceptors (Lipinski definition) is 3. The van der Waals surface area contributed by atoms with Crippen molar-refractivity contribution in [3.05, 3.63) is 34.4 Å². The van der Waals surface area contributed by atoms with Crippen LogP contribution in [0.3, 0.4) is 0 Å². The summed E-state index contributed by atoms with van der Waals surface area (Å²) >= 11 is 0. The Labute approximate surface area is 106 Å². The van der Waals surface area contributed by atoms with Gasteiger partial charge in [0.05, 0.1) is 11.7 Å². The molecule has 0 aliphatic heterocycles. The predicted octanol–water partition coefficient (Wildman–Crippen LogP) is 2.60. The van der Waals surface area contributed by atoms with Crippen molar-refractivity contribution in [3.8, 4) is 5.75 Å². The van der Waals surface area contributed by atoms with Crippen LogP contribution in [-0.4, -0.2) is 14.7 Å². The van der Waals surface area contributed by atoms with Crippen LogP contribution in [0.2, 0.25) is 0 Å². The van der Waals surface area contributed by atoms with E-state index in [9.17, 15) is 9.90 Å². The third-order valence-electron chi connectivity index (χ3n) is 3.17. The highest BCUT2D eigenvalue weighted by Gasteiger charge is 2.09. The van der Waals surface area contributed by atoms with Crippen LogP contribution in [0, 0.1) is 6.92 Å². The molecule has 0 spiro atoms. The number of rotatable bonds is 4. The first-order chi connectivity index (χ1) is 8.65. The molecule has 0 amide bonds. The van der Waals surface area contributed by atoms with Gasteiger partial charge >= 0.3 is 0 Å². The minimum atomic E-state index is -0.0774. The molecule has 0 saturated heterocycles. The third-order valence-corrected chi connectivity index (χ3v) is 3.17. The zero-order valence-corrected chi connectivity index (χ0v) is 10.8. The van der Waals surface area contributed by atoms with Gasteiger partial charge in [-0.25, -0.2) is 4.98 Å². The van der Waals surface area contributed by atoms with Crippen molar-refractivity contribution in [2.45, 2.75) is 39.7 Å². The van der Waals surface area contributed by atoms with Crippen LogP contribution >= 0.6 is 0 Å². The zero-order chi connectivity index (χ0) is 13.1. The van der Waals surface area contributed by atoms with E-state index in [2.05, 4.69) is 11.9 Å². The number of aryl methyl sites for hydroxylation is 2. The van der Waals surface area contributed by atoms with Gasteiger partial charge in [-0.05, 0) is 25.0 Å². The van der Waals surface area contributed by atoms with Crippen LogP contribution < -0.4 is 5.56 Å². The molecular weight excluding hydrogens is 228 g/mol. The molecule has 0 fully saturated rings. The molecule has 0 unspecified atom stereocenters. The van der Waals surface area contributed by atoms with Gasteiger partial charge in [0.2, 0.25) is 0 Å². The summed E-state index contributed by atoms with van der Waals surface area (Å²) in [7, 11) is 0. The maximum Gasteiger partial charge on any atom is 0.261 e. The second-order valence-electron chi connectivity index (χ2n) is 4.58. The van der Waals surface area contributed by atoms with Gasteiger partial charge in [-0.2, -0.15) is 0 Å². The molecule has 0 saturated carbocycles. The Hall–Kier alpha value is -1.84. The highest BCUT2D eigenvalue weighted by atomic mass is 16.3. The molecule has 0 radical (unpaired) electrons. The molecule has 1 aromatic carbocycles. The number of unbranched alkanes of at least 4 members (excludes halogenated alkanes) is 2. The smallest absolute Gasteiger partial charge is 0.261 e. The fraction of sp³-hybridized carbons (Fsp3) is 0.429. The van der Waals surface area contributed by atoms with Crippen LogP contribution in [0.15, 0.2) is 23.3 Å². The first-order valence-electron chi connectivity index (χ1n) is 6.33. The molecule has 2 rings (SSSR count). The van der Waals surface area contributed by atoms with Crippen molar-refractivity contribution in [3.63, 3.8) is 0 Å². The van der Waals surface area contributed by atoms with E-state index in [-0.39, 0.29) is 11.3 Å². The lowest BCUT2D eigenvalue weighted by atomic mass is 10.1. The fourth-order valence-electron chi connectivity index (χ4n) is 2.01. The molecule has 1 N–H and O–H groups in total. The summed E-state index contributed by atoms with van der Waals surface area (Å²) in [5, 5.41) is 10.4. The van der Waals surface area contributed by atoms with E-state index >= 15 is 0 Å². The maximum absolute atomic E-state index is 12.2. The van der Waals surface area contributed by atoms with E-state index in [0.717, 1.165) is 24.8 Å². The number of phenolic OH excluding ortho intramolecular Hbond substituents is 1. The molecular formula is C14H18N2O2. The summed E-state index contributed by atoms with van der Waals surface area (Å²) in [6, 6.07) is 3.48. The van der Waals surface area contributed by atoms with Gasteiger partial charge in [-0.3, -0.25) is 9.36 Å². The van der Waals surface area contributed by atoms with Crippen molar-refractivity contribution >= 4 is 10.9 Å². The van der Waals surface area contributed by atoms with E-state index in [1.54, 1.807) is 23.6 Å². The largest absolute Gasteiger partial charge is 0.505 e. The third kappa shape index (κ3) is 2.23. The number of phenols is 1.